The number of hydrogen-bond acceptors (Lipinski definition) is 5. The minimum Gasteiger partial charge on any atom is -0.367 e. The van der Waals surface area contributed by atoms with Crippen LogP contribution < -0.4 is 5.32 Å². The Labute approximate surface area is 179 Å². The van der Waals surface area contributed by atoms with Crippen molar-refractivity contribution >= 4 is 11.6 Å². The summed E-state index contributed by atoms with van der Waals surface area (Å²) < 4.78 is 78.7. The molecule has 1 fully saturated rings. The fourth-order valence-electron chi connectivity index (χ4n) is 3.76. The van der Waals surface area contributed by atoms with E-state index in [1.807, 2.05) is 0 Å². The van der Waals surface area contributed by atoms with Gasteiger partial charge in [-0.15, -0.1) is 5.10 Å². The van der Waals surface area contributed by atoms with Crippen molar-refractivity contribution in [2.45, 2.75) is 44.7 Å². The molecule has 1 aromatic carbocycles. The molecule has 32 heavy (non-hydrogen) atoms. The first kappa shape index (κ1) is 22.3. The molecule has 3 heterocycles. The Balaban J connectivity index is 1.41. The molecule has 0 unspecified atom stereocenters. The topological polar surface area (TPSA) is 58.4 Å². The lowest BCUT2D eigenvalue weighted by molar-refractivity contribution is -0.144. The molecule has 1 saturated heterocycles. The van der Waals surface area contributed by atoms with Gasteiger partial charge in [0.1, 0.15) is 5.82 Å². The zero-order valence-corrected chi connectivity index (χ0v) is 17.0. The number of halogens is 6. The number of rotatable bonds is 4. The van der Waals surface area contributed by atoms with Crippen molar-refractivity contribution in [3.63, 3.8) is 0 Å². The van der Waals surface area contributed by atoms with E-state index in [9.17, 15) is 26.3 Å². The van der Waals surface area contributed by atoms with Crippen molar-refractivity contribution in [2.75, 3.05) is 18.4 Å². The SMILES string of the molecule is Cc1cc(NC2CCN(Cc3cccc(C(F)(F)F)c3)CC2)n2nc(C(F)(F)F)nc2n1. The van der Waals surface area contributed by atoms with Gasteiger partial charge in [0.15, 0.2) is 0 Å². The zero-order valence-electron chi connectivity index (χ0n) is 17.0. The number of fused-ring (bicyclic) bond motifs is 1. The van der Waals surface area contributed by atoms with E-state index in [1.54, 1.807) is 19.1 Å². The first-order valence-corrected chi connectivity index (χ1v) is 9.96. The molecule has 172 valence electrons. The molecule has 6 nitrogen and oxygen atoms in total. The number of benzene rings is 1. The monoisotopic (exact) mass is 458 g/mol. The third-order valence-corrected chi connectivity index (χ3v) is 5.29. The van der Waals surface area contributed by atoms with Gasteiger partial charge in [-0.25, -0.2) is 4.98 Å². The van der Waals surface area contributed by atoms with E-state index in [0.29, 0.717) is 49.6 Å². The van der Waals surface area contributed by atoms with Crippen LogP contribution in [0.2, 0.25) is 0 Å². The van der Waals surface area contributed by atoms with Crippen LogP contribution in [0.4, 0.5) is 32.2 Å². The second-order valence-corrected chi connectivity index (χ2v) is 7.82. The van der Waals surface area contributed by atoms with Gasteiger partial charge in [-0.1, -0.05) is 18.2 Å². The number of piperidine rings is 1. The molecule has 0 amide bonds. The van der Waals surface area contributed by atoms with Crippen LogP contribution in [0.25, 0.3) is 5.78 Å². The zero-order chi connectivity index (χ0) is 23.1. The Morgan fingerprint density at radius 1 is 1.00 bits per heavy atom. The second-order valence-electron chi connectivity index (χ2n) is 7.82. The van der Waals surface area contributed by atoms with Gasteiger partial charge in [0.05, 0.1) is 5.56 Å². The van der Waals surface area contributed by atoms with Gasteiger partial charge < -0.3 is 5.32 Å². The Bertz CT molecular complexity index is 1100. The predicted molar refractivity (Wildman–Crippen MR) is 104 cm³/mol. The Morgan fingerprint density at radius 3 is 2.38 bits per heavy atom. The number of likely N-dealkylation sites (tertiary alicyclic amines) is 1. The van der Waals surface area contributed by atoms with E-state index in [2.05, 4.69) is 25.3 Å². The van der Waals surface area contributed by atoms with Gasteiger partial charge in [0.25, 0.3) is 11.6 Å². The number of hydrogen-bond donors (Lipinski definition) is 1. The van der Waals surface area contributed by atoms with Crippen LogP contribution in [-0.2, 0) is 18.9 Å². The van der Waals surface area contributed by atoms with Gasteiger partial charge in [0, 0.05) is 37.4 Å². The molecule has 3 aromatic rings. The van der Waals surface area contributed by atoms with E-state index in [4.69, 9.17) is 0 Å². The molecular weight excluding hydrogens is 438 g/mol. The molecule has 0 bridgehead atoms. The smallest absolute Gasteiger partial charge is 0.367 e. The molecule has 0 atom stereocenters. The molecule has 0 radical (unpaired) electrons. The van der Waals surface area contributed by atoms with Gasteiger partial charge in [-0.3, -0.25) is 4.90 Å². The highest BCUT2D eigenvalue weighted by Crippen LogP contribution is 2.30. The third kappa shape index (κ3) is 4.95. The van der Waals surface area contributed by atoms with Crippen LogP contribution in [-0.4, -0.2) is 43.6 Å². The van der Waals surface area contributed by atoms with Crippen LogP contribution in [0, 0.1) is 6.92 Å². The number of nitrogens with one attached hydrogen (secondary N) is 1. The summed E-state index contributed by atoms with van der Waals surface area (Å²) in [5, 5.41) is 6.76. The van der Waals surface area contributed by atoms with Crippen LogP contribution in [0.5, 0.6) is 0 Å². The largest absolute Gasteiger partial charge is 0.453 e. The number of alkyl halides is 6. The number of aromatic nitrogens is 4. The van der Waals surface area contributed by atoms with Crippen molar-refractivity contribution < 1.29 is 26.3 Å². The minimum absolute atomic E-state index is 0.0312. The van der Waals surface area contributed by atoms with Crippen LogP contribution in [0.3, 0.4) is 0 Å². The summed E-state index contributed by atoms with van der Waals surface area (Å²) in [6.45, 7) is 3.32. The fourth-order valence-corrected chi connectivity index (χ4v) is 3.76. The maximum Gasteiger partial charge on any atom is 0.453 e. The summed E-state index contributed by atoms with van der Waals surface area (Å²) in [4.78, 5) is 9.53. The molecular formula is C20H20F6N6. The van der Waals surface area contributed by atoms with E-state index in [-0.39, 0.29) is 11.8 Å². The van der Waals surface area contributed by atoms with Crippen molar-refractivity contribution in [1.29, 1.82) is 0 Å². The quantitative estimate of drug-likeness (QED) is 0.582. The molecule has 1 aliphatic heterocycles. The molecule has 1 aliphatic rings. The number of anilines is 1. The van der Waals surface area contributed by atoms with Crippen LogP contribution in [0.1, 0.15) is 35.5 Å². The number of aryl methyl sites for hydroxylation is 1. The van der Waals surface area contributed by atoms with E-state index in [1.165, 1.54) is 6.07 Å². The Kier molecular flexibility index (Phi) is 5.74. The second kappa shape index (κ2) is 8.23. The summed E-state index contributed by atoms with van der Waals surface area (Å²) in [6, 6.07) is 6.85. The van der Waals surface area contributed by atoms with Gasteiger partial charge >= 0.3 is 12.4 Å². The van der Waals surface area contributed by atoms with Gasteiger partial charge in [0.2, 0.25) is 0 Å². The normalized spacial score (nSPS) is 16.6. The maximum atomic E-state index is 13.0. The summed E-state index contributed by atoms with van der Waals surface area (Å²) >= 11 is 0. The molecule has 12 heteroatoms. The average molecular weight is 458 g/mol. The molecule has 4 rings (SSSR count). The van der Waals surface area contributed by atoms with Crippen molar-refractivity contribution in [1.82, 2.24) is 24.5 Å². The first-order chi connectivity index (χ1) is 15.0. The van der Waals surface area contributed by atoms with E-state index < -0.39 is 23.7 Å². The minimum atomic E-state index is -4.67. The van der Waals surface area contributed by atoms with Crippen LogP contribution in [0.15, 0.2) is 30.3 Å². The Hall–Kier alpha value is -2.89. The average Bonchev–Trinajstić information content (AvgIpc) is 3.14. The lowest BCUT2D eigenvalue weighted by Crippen LogP contribution is -2.39. The highest BCUT2D eigenvalue weighted by Gasteiger charge is 2.37. The van der Waals surface area contributed by atoms with Crippen molar-refractivity contribution in [3.05, 3.63) is 53.0 Å². The highest BCUT2D eigenvalue weighted by molar-refractivity contribution is 5.46. The summed E-state index contributed by atoms with van der Waals surface area (Å²) in [6.07, 6.45) is -7.72. The van der Waals surface area contributed by atoms with Crippen LogP contribution >= 0.6 is 0 Å². The summed E-state index contributed by atoms with van der Waals surface area (Å²) in [5.74, 6) is -1.02. The lowest BCUT2D eigenvalue weighted by Gasteiger charge is -2.33. The summed E-state index contributed by atoms with van der Waals surface area (Å²) in [7, 11) is 0. The standard InChI is InChI=1S/C20H20F6N6/c1-12-9-16(32-18(27-12)29-17(30-32)20(24,25)26)28-15-5-7-31(8-6-15)11-13-3-2-4-14(10-13)19(21,22)23/h2-4,9-10,15,28H,5-8,11H2,1H3. The first-order valence-electron chi connectivity index (χ1n) is 9.96. The third-order valence-electron chi connectivity index (χ3n) is 5.29. The molecule has 0 spiro atoms. The Morgan fingerprint density at radius 2 is 1.72 bits per heavy atom. The molecule has 1 N–H and O–H groups in total. The summed E-state index contributed by atoms with van der Waals surface area (Å²) in [5.41, 5.74) is 0.415. The van der Waals surface area contributed by atoms with Crippen molar-refractivity contribution in [3.8, 4) is 0 Å². The van der Waals surface area contributed by atoms with E-state index in [0.717, 1.165) is 16.6 Å². The van der Waals surface area contributed by atoms with Gasteiger partial charge in [-0.05, 0) is 31.4 Å². The van der Waals surface area contributed by atoms with E-state index >= 15 is 0 Å². The fraction of sp³-hybridized carbons (Fsp3) is 0.450. The maximum absolute atomic E-state index is 13.0. The highest BCUT2D eigenvalue weighted by atomic mass is 19.4. The predicted octanol–water partition coefficient (Wildman–Crippen LogP) is 4.55. The molecule has 0 saturated carbocycles. The van der Waals surface area contributed by atoms with Crippen molar-refractivity contribution in [2.24, 2.45) is 0 Å². The number of nitrogens with zero attached hydrogens (tertiary/aromatic N) is 5. The lowest BCUT2D eigenvalue weighted by atomic mass is 10.0. The molecule has 2 aromatic heterocycles. The van der Waals surface area contributed by atoms with Gasteiger partial charge in [-0.2, -0.15) is 35.8 Å². The molecule has 0 aliphatic carbocycles.